The van der Waals surface area contributed by atoms with Crippen LogP contribution < -0.4 is 5.32 Å². The summed E-state index contributed by atoms with van der Waals surface area (Å²) in [5.74, 6) is 0.900. The van der Waals surface area contributed by atoms with E-state index in [1.54, 1.807) is 0 Å². The van der Waals surface area contributed by atoms with Crippen molar-refractivity contribution in [2.24, 2.45) is 5.92 Å². The normalized spacial score (nSPS) is 25.5. The van der Waals surface area contributed by atoms with Crippen LogP contribution in [0, 0.1) is 5.92 Å². The summed E-state index contributed by atoms with van der Waals surface area (Å²) >= 11 is 0. The fourth-order valence-electron chi connectivity index (χ4n) is 2.45. The van der Waals surface area contributed by atoms with Crippen molar-refractivity contribution in [2.75, 3.05) is 5.32 Å². The van der Waals surface area contributed by atoms with E-state index in [-0.39, 0.29) is 0 Å². The van der Waals surface area contributed by atoms with Crippen molar-refractivity contribution in [3.63, 3.8) is 0 Å². The van der Waals surface area contributed by atoms with Gasteiger partial charge >= 0.3 is 0 Å². The van der Waals surface area contributed by atoms with Crippen LogP contribution in [0.3, 0.4) is 0 Å². The van der Waals surface area contributed by atoms with Crippen LogP contribution in [-0.4, -0.2) is 6.04 Å². The molecule has 0 amide bonds. The maximum Gasteiger partial charge on any atom is 0.0345 e. The minimum Gasteiger partial charge on any atom is -0.382 e. The molecule has 0 aromatic heterocycles. The molecular weight excluding hydrogens is 182 g/mol. The molecule has 1 aromatic rings. The molecule has 2 rings (SSSR count). The number of hydrogen-bond acceptors (Lipinski definition) is 1. The predicted molar refractivity (Wildman–Crippen MR) is 66.2 cm³/mol. The van der Waals surface area contributed by atoms with Crippen LogP contribution in [0.25, 0.3) is 0 Å². The van der Waals surface area contributed by atoms with Gasteiger partial charge in [0.25, 0.3) is 0 Å². The number of rotatable bonds is 3. The second-order valence-electron chi connectivity index (χ2n) is 4.81. The summed E-state index contributed by atoms with van der Waals surface area (Å²) in [5.41, 5.74) is 2.72. The smallest absolute Gasteiger partial charge is 0.0345 e. The summed E-state index contributed by atoms with van der Waals surface area (Å²) in [6.07, 6.45) is 5.16. The average molecular weight is 203 g/mol. The topological polar surface area (TPSA) is 12.0 Å². The molecule has 0 bridgehead atoms. The monoisotopic (exact) mass is 203 g/mol. The molecule has 0 spiro atoms. The molecular formula is C14H21N. The van der Waals surface area contributed by atoms with Gasteiger partial charge in [0.2, 0.25) is 0 Å². The van der Waals surface area contributed by atoms with Crippen LogP contribution in [0.2, 0.25) is 0 Å². The largest absolute Gasteiger partial charge is 0.382 e. The summed E-state index contributed by atoms with van der Waals surface area (Å²) in [4.78, 5) is 0. The van der Waals surface area contributed by atoms with E-state index in [4.69, 9.17) is 0 Å². The summed E-state index contributed by atoms with van der Waals surface area (Å²) in [6.45, 7) is 4.56. The number of hydrogen-bond donors (Lipinski definition) is 1. The molecule has 0 saturated heterocycles. The second kappa shape index (κ2) is 4.69. The highest BCUT2D eigenvalue weighted by atomic mass is 14.9. The standard InChI is InChI=1S/C14H21N/c1-3-12-5-4-6-13(10-12)15-14-8-7-11(2)9-14/h4-6,10-11,14-15H,3,7-9H2,1-2H3. The third-order valence-corrected chi connectivity index (χ3v) is 3.40. The van der Waals surface area contributed by atoms with Crippen molar-refractivity contribution in [3.8, 4) is 0 Å². The molecule has 1 saturated carbocycles. The van der Waals surface area contributed by atoms with Crippen LogP contribution in [0.1, 0.15) is 38.7 Å². The van der Waals surface area contributed by atoms with E-state index in [2.05, 4.69) is 43.4 Å². The van der Waals surface area contributed by atoms with Crippen LogP contribution in [0.5, 0.6) is 0 Å². The van der Waals surface area contributed by atoms with Crippen LogP contribution >= 0.6 is 0 Å². The molecule has 1 fully saturated rings. The summed E-state index contributed by atoms with van der Waals surface area (Å²) < 4.78 is 0. The summed E-state index contributed by atoms with van der Waals surface area (Å²) in [7, 11) is 0. The minimum atomic E-state index is 0.701. The lowest BCUT2D eigenvalue weighted by Gasteiger charge is -2.14. The maximum absolute atomic E-state index is 3.65. The number of benzene rings is 1. The van der Waals surface area contributed by atoms with Crippen LogP contribution in [0.4, 0.5) is 5.69 Å². The van der Waals surface area contributed by atoms with Gasteiger partial charge < -0.3 is 5.32 Å². The number of nitrogens with one attached hydrogen (secondary N) is 1. The Morgan fingerprint density at radius 1 is 1.33 bits per heavy atom. The molecule has 2 atom stereocenters. The van der Waals surface area contributed by atoms with E-state index in [1.807, 2.05) is 0 Å². The molecule has 15 heavy (non-hydrogen) atoms. The van der Waals surface area contributed by atoms with Crippen molar-refractivity contribution in [1.29, 1.82) is 0 Å². The van der Waals surface area contributed by atoms with E-state index >= 15 is 0 Å². The lowest BCUT2D eigenvalue weighted by molar-refractivity contribution is 0.602. The molecule has 1 nitrogen and oxygen atoms in total. The third-order valence-electron chi connectivity index (χ3n) is 3.40. The van der Waals surface area contributed by atoms with Crippen molar-refractivity contribution in [2.45, 2.75) is 45.6 Å². The van der Waals surface area contributed by atoms with E-state index in [0.717, 1.165) is 12.3 Å². The Hall–Kier alpha value is -0.980. The molecule has 1 aliphatic carbocycles. The van der Waals surface area contributed by atoms with Gasteiger partial charge in [-0.3, -0.25) is 0 Å². The Morgan fingerprint density at radius 3 is 2.87 bits per heavy atom. The highest BCUT2D eigenvalue weighted by Crippen LogP contribution is 2.27. The fraction of sp³-hybridized carbons (Fsp3) is 0.571. The molecule has 1 N–H and O–H groups in total. The highest BCUT2D eigenvalue weighted by molar-refractivity contribution is 5.46. The highest BCUT2D eigenvalue weighted by Gasteiger charge is 2.20. The Labute approximate surface area is 92.9 Å². The third kappa shape index (κ3) is 2.74. The Kier molecular flexibility index (Phi) is 3.30. The van der Waals surface area contributed by atoms with Crippen molar-refractivity contribution in [3.05, 3.63) is 29.8 Å². The molecule has 0 heterocycles. The molecule has 1 heteroatoms. The zero-order valence-corrected chi connectivity index (χ0v) is 9.79. The van der Waals surface area contributed by atoms with Gasteiger partial charge in [0.15, 0.2) is 0 Å². The van der Waals surface area contributed by atoms with Gasteiger partial charge in [-0.25, -0.2) is 0 Å². The first-order chi connectivity index (χ1) is 7.28. The van der Waals surface area contributed by atoms with Gasteiger partial charge in [0, 0.05) is 11.7 Å². The Balaban J connectivity index is 1.98. The first kappa shape index (κ1) is 10.5. The number of aryl methyl sites for hydroxylation is 1. The molecule has 82 valence electrons. The maximum atomic E-state index is 3.65. The zero-order chi connectivity index (χ0) is 10.7. The first-order valence-electron chi connectivity index (χ1n) is 6.13. The Morgan fingerprint density at radius 2 is 2.20 bits per heavy atom. The molecule has 2 unspecified atom stereocenters. The van der Waals surface area contributed by atoms with Crippen molar-refractivity contribution in [1.82, 2.24) is 0 Å². The molecule has 0 aliphatic heterocycles. The lowest BCUT2D eigenvalue weighted by Crippen LogP contribution is -2.15. The minimum absolute atomic E-state index is 0.701. The zero-order valence-electron chi connectivity index (χ0n) is 9.79. The van der Waals surface area contributed by atoms with Gasteiger partial charge in [-0.2, -0.15) is 0 Å². The lowest BCUT2D eigenvalue weighted by atomic mass is 10.1. The van der Waals surface area contributed by atoms with Gasteiger partial charge in [-0.1, -0.05) is 26.0 Å². The quantitative estimate of drug-likeness (QED) is 0.786. The predicted octanol–water partition coefficient (Wildman–Crippen LogP) is 3.85. The van der Waals surface area contributed by atoms with Gasteiger partial charge in [0.1, 0.15) is 0 Å². The van der Waals surface area contributed by atoms with Gasteiger partial charge in [-0.15, -0.1) is 0 Å². The molecule has 1 aliphatic rings. The average Bonchev–Trinajstić information content (AvgIpc) is 2.64. The van der Waals surface area contributed by atoms with Crippen LogP contribution in [-0.2, 0) is 6.42 Å². The number of anilines is 1. The van der Waals surface area contributed by atoms with E-state index in [1.165, 1.54) is 30.5 Å². The van der Waals surface area contributed by atoms with E-state index in [9.17, 15) is 0 Å². The fourth-order valence-corrected chi connectivity index (χ4v) is 2.45. The Bertz CT molecular complexity index is 319. The van der Waals surface area contributed by atoms with Crippen LogP contribution in [0.15, 0.2) is 24.3 Å². The molecule has 1 aromatic carbocycles. The SMILES string of the molecule is CCc1cccc(NC2CCC(C)C2)c1. The van der Waals surface area contributed by atoms with E-state index in [0.29, 0.717) is 6.04 Å². The van der Waals surface area contributed by atoms with E-state index < -0.39 is 0 Å². The van der Waals surface area contributed by atoms with Crippen molar-refractivity contribution < 1.29 is 0 Å². The van der Waals surface area contributed by atoms with Gasteiger partial charge in [-0.05, 0) is 49.3 Å². The second-order valence-corrected chi connectivity index (χ2v) is 4.81. The summed E-state index contributed by atoms with van der Waals surface area (Å²) in [6, 6.07) is 9.51. The summed E-state index contributed by atoms with van der Waals surface area (Å²) in [5, 5.41) is 3.65. The van der Waals surface area contributed by atoms with Crippen molar-refractivity contribution >= 4 is 5.69 Å². The van der Waals surface area contributed by atoms with Gasteiger partial charge in [0.05, 0.1) is 0 Å². The molecule has 0 radical (unpaired) electrons. The first-order valence-corrected chi connectivity index (χ1v) is 6.13.